The Labute approximate surface area is 221 Å². The summed E-state index contributed by atoms with van der Waals surface area (Å²) in [6.07, 6.45) is 33.5. The van der Waals surface area contributed by atoms with Gasteiger partial charge in [0.05, 0.1) is 27.2 Å². The Morgan fingerprint density at radius 2 is 0.686 bits per heavy atom. The summed E-state index contributed by atoms with van der Waals surface area (Å²) in [5.41, 5.74) is 0. The first kappa shape index (κ1) is 37.0. The zero-order chi connectivity index (χ0) is 26.8. The lowest BCUT2D eigenvalue weighted by molar-refractivity contribution is -0.896. The Morgan fingerprint density at radius 3 is 0.886 bits per heavy atom. The minimum Gasteiger partial charge on any atom is -0.328 e. The van der Waals surface area contributed by atoms with Crippen LogP contribution in [0.2, 0.25) is 0 Å². The molecule has 1 unspecified atom stereocenters. The minimum absolute atomic E-state index is 0.873. The van der Waals surface area contributed by atoms with Gasteiger partial charge in [-0.05, 0) is 25.7 Å². The predicted octanol–water partition coefficient (Wildman–Crippen LogP) is 9.42. The molecular weight excluding hydrogens is 458 g/mol. The average Bonchev–Trinajstić information content (AvgIpc) is 2.75. The van der Waals surface area contributed by atoms with E-state index >= 15 is 0 Å². The quantitative estimate of drug-likeness (QED) is 0.0752. The number of hydrogen-bond donors (Lipinski definition) is 2. The molecule has 0 heterocycles. The van der Waals surface area contributed by atoms with Gasteiger partial charge in [0.1, 0.15) is 0 Å². The van der Waals surface area contributed by atoms with Gasteiger partial charge in [0, 0.05) is 0 Å². The van der Waals surface area contributed by atoms with Crippen LogP contribution in [0, 0.1) is 0 Å². The molecule has 0 rings (SSSR count). The van der Waals surface area contributed by atoms with E-state index in [1.54, 1.807) is 0 Å². The zero-order valence-corrected chi connectivity index (χ0v) is 25.2. The topological polar surface area (TPSA) is 74.6 Å². The third-order valence-corrected chi connectivity index (χ3v) is 7.13. The Balaban J connectivity index is 0. The Bertz CT molecular complexity index is 509. The molecule has 214 valence electrons. The van der Waals surface area contributed by atoms with Crippen molar-refractivity contribution in [3.63, 3.8) is 0 Å². The Morgan fingerprint density at radius 1 is 0.486 bits per heavy atom. The van der Waals surface area contributed by atoms with Crippen molar-refractivity contribution in [3.05, 3.63) is 0 Å². The van der Waals surface area contributed by atoms with E-state index in [4.69, 9.17) is 17.5 Å². The highest BCUT2D eigenvalue weighted by Crippen LogP contribution is 2.20. The number of rotatable bonds is 24. The normalized spacial score (nSPS) is 12.9. The van der Waals surface area contributed by atoms with E-state index < -0.39 is 10.4 Å². The standard InChI is InChI=1S/C29H62N.H2O4S/c1-6-8-10-12-13-14-15-16-17-18-19-20-21-22-24-26-28-29(30(3,4)5)27-25-23-11-9-7-2;1-5(2,3)4/h29H,6-28H2,1-5H3;(H2,1,2,3,4)/q+1;. The van der Waals surface area contributed by atoms with E-state index in [2.05, 4.69) is 35.0 Å². The summed E-state index contributed by atoms with van der Waals surface area (Å²) < 4.78 is 32.7. The number of nitrogens with zero attached hydrogens (tertiary/aromatic N) is 1. The highest BCUT2D eigenvalue weighted by molar-refractivity contribution is 7.79. The van der Waals surface area contributed by atoms with Crippen LogP contribution in [-0.4, -0.2) is 49.2 Å². The summed E-state index contributed by atoms with van der Waals surface area (Å²) in [6, 6.07) is 0.873. The summed E-state index contributed by atoms with van der Waals surface area (Å²) in [5.74, 6) is 0. The molecule has 0 amide bonds. The van der Waals surface area contributed by atoms with Crippen molar-refractivity contribution in [1.82, 2.24) is 0 Å². The molecule has 5 nitrogen and oxygen atoms in total. The lowest BCUT2D eigenvalue weighted by atomic mass is 9.98. The van der Waals surface area contributed by atoms with Gasteiger partial charge < -0.3 is 4.48 Å². The maximum absolute atomic E-state index is 8.74. The van der Waals surface area contributed by atoms with Crippen molar-refractivity contribution < 1.29 is 22.0 Å². The van der Waals surface area contributed by atoms with Crippen molar-refractivity contribution in [2.45, 2.75) is 168 Å². The van der Waals surface area contributed by atoms with Crippen LogP contribution in [0.1, 0.15) is 162 Å². The molecule has 2 N–H and O–H groups in total. The van der Waals surface area contributed by atoms with Gasteiger partial charge in [0.25, 0.3) is 0 Å². The van der Waals surface area contributed by atoms with Crippen LogP contribution in [0.4, 0.5) is 0 Å². The van der Waals surface area contributed by atoms with Gasteiger partial charge in [-0.2, -0.15) is 8.42 Å². The molecule has 0 aliphatic heterocycles. The van der Waals surface area contributed by atoms with Gasteiger partial charge in [0.2, 0.25) is 0 Å². The van der Waals surface area contributed by atoms with Crippen molar-refractivity contribution >= 4 is 10.4 Å². The first-order valence-electron chi connectivity index (χ1n) is 15.0. The van der Waals surface area contributed by atoms with Gasteiger partial charge >= 0.3 is 10.4 Å². The molecule has 0 fully saturated rings. The van der Waals surface area contributed by atoms with Crippen molar-refractivity contribution in [3.8, 4) is 0 Å². The summed E-state index contributed by atoms with van der Waals surface area (Å²) in [6.45, 7) is 4.62. The van der Waals surface area contributed by atoms with E-state index in [0.29, 0.717) is 0 Å². The molecule has 0 bridgehead atoms. The first-order chi connectivity index (χ1) is 16.5. The maximum Gasteiger partial charge on any atom is 0.394 e. The number of quaternary nitrogens is 1. The van der Waals surface area contributed by atoms with Crippen LogP contribution in [-0.2, 0) is 10.4 Å². The third kappa shape index (κ3) is 36.1. The van der Waals surface area contributed by atoms with E-state index in [0.717, 1.165) is 10.5 Å². The van der Waals surface area contributed by atoms with E-state index in [-0.39, 0.29) is 0 Å². The second-order valence-electron chi connectivity index (χ2n) is 11.5. The predicted molar refractivity (Wildman–Crippen MR) is 154 cm³/mol. The Hall–Kier alpha value is -0.170. The molecule has 0 aromatic rings. The van der Waals surface area contributed by atoms with Crippen LogP contribution in [0.3, 0.4) is 0 Å². The fraction of sp³-hybridized carbons (Fsp3) is 1.00. The largest absolute Gasteiger partial charge is 0.394 e. The summed E-state index contributed by atoms with van der Waals surface area (Å²) in [4.78, 5) is 0. The molecule has 0 saturated carbocycles. The molecule has 35 heavy (non-hydrogen) atoms. The van der Waals surface area contributed by atoms with E-state index in [1.807, 2.05) is 0 Å². The second-order valence-corrected chi connectivity index (χ2v) is 12.4. The molecule has 0 aromatic carbocycles. The third-order valence-electron chi connectivity index (χ3n) is 7.13. The zero-order valence-electron chi connectivity index (χ0n) is 24.4. The lowest BCUT2D eigenvalue weighted by Gasteiger charge is -2.34. The first-order valence-corrected chi connectivity index (χ1v) is 16.4. The molecule has 0 aliphatic carbocycles. The van der Waals surface area contributed by atoms with Crippen LogP contribution in [0.5, 0.6) is 0 Å². The Kier molecular flexibility index (Phi) is 26.9. The fourth-order valence-corrected chi connectivity index (χ4v) is 4.83. The molecule has 0 saturated heterocycles. The van der Waals surface area contributed by atoms with Gasteiger partial charge in [-0.15, -0.1) is 0 Å². The fourth-order valence-electron chi connectivity index (χ4n) is 4.83. The van der Waals surface area contributed by atoms with Crippen molar-refractivity contribution in [2.24, 2.45) is 0 Å². The monoisotopic (exact) mass is 522 g/mol. The summed E-state index contributed by atoms with van der Waals surface area (Å²) in [7, 11) is 2.55. The molecule has 0 aliphatic rings. The van der Waals surface area contributed by atoms with Gasteiger partial charge in [-0.3, -0.25) is 9.11 Å². The minimum atomic E-state index is -4.67. The second kappa shape index (κ2) is 25.5. The van der Waals surface area contributed by atoms with E-state index in [1.165, 1.54) is 148 Å². The van der Waals surface area contributed by atoms with Gasteiger partial charge in [0.15, 0.2) is 0 Å². The highest BCUT2D eigenvalue weighted by atomic mass is 32.3. The van der Waals surface area contributed by atoms with Crippen LogP contribution >= 0.6 is 0 Å². The SMILES string of the molecule is CCCCCCCCCCCCCCCCCCC(CCCCCCC)[N+](C)(C)C.O=S(=O)(O)O. The summed E-state index contributed by atoms with van der Waals surface area (Å²) in [5, 5.41) is 0. The number of unbranched alkanes of at least 4 members (excludes halogenated alkanes) is 19. The average molecular weight is 523 g/mol. The molecule has 0 aromatic heterocycles. The summed E-state index contributed by atoms with van der Waals surface area (Å²) >= 11 is 0. The molecule has 0 spiro atoms. The highest BCUT2D eigenvalue weighted by Gasteiger charge is 2.22. The molecule has 0 radical (unpaired) electrons. The lowest BCUT2D eigenvalue weighted by Crippen LogP contribution is -2.45. The van der Waals surface area contributed by atoms with Crippen LogP contribution in [0.15, 0.2) is 0 Å². The van der Waals surface area contributed by atoms with Crippen molar-refractivity contribution in [1.29, 1.82) is 0 Å². The molecular formula is C29H64NO4S+. The molecule has 1 atom stereocenters. The van der Waals surface area contributed by atoms with Crippen LogP contribution in [0.25, 0.3) is 0 Å². The number of hydrogen-bond acceptors (Lipinski definition) is 2. The maximum atomic E-state index is 8.74. The van der Waals surface area contributed by atoms with Gasteiger partial charge in [-0.1, -0.05) is 136 Å². The van der Waals surface area contributed by atoms with Crippen LogP contribution < -0.4 is 0 Å². The van der Waals surface area contributed by atoms with Crippen molar-refractivity contribution in [2.75, 3.05) is 21.1 Å². The van der Waals surface area contributed by atoms with Gasteiger partial charge in [-0.25, -0.2) is 0 Å². The van der Waals surface area contributed by atoms with E-state index in [9.17, 15) is 0 Å². The molecule has 6 heteroatoms. The smallest absolute Gasteiger partial charge is 0.328 e.